The third-order valence-corrected chi connectivity index (χ3v) is 5.95. The predicted molar refractivity (Wildman–Crippen MR) is 114 cm³/mol. The van der Waals surface area contributed by atoms with Crippen molar-refractivity contribution in [1.29, 1.82) is 0 Å². The fourth-order valence-corrected chi connectivity index (χ4v) is 4.62. The van der Waals surface area contributed by atoms with Crippen molar-refractivity contribution in [2.24, 2.45) is 0 Å². The van der Waals surface area contributed by atoms with Crippen LogP contribution in [0.25, 0.3) is 0 Å². The van der Waals surface area contributed by atoms with E-state index in [0.29, 0.717) is 0 Å². The molecule has 1 N–H and O–H groups in total. The van der Waals surface area contributed by atoms with Gasteiger partial charge in [0.15, 0.2) is 11.6 Å². The van der Waals surface area contributed by atoms with Crippen LogP contribution in [0.2, 0.25) is 0 Å². The predicted octanol–water partition coefficient (Wildman–Crippen LogP) is 4.38. The molecule has 4 nitrogen and oxygen atoms in total. The number of sulfonamides is 1. The lowest BCUT2D eigenvalue weighted by molar-refractivity contribution is 0.200. The Morgan fingerprint density at radius 3 is 2.62 bits per heavy atom. The third kappa shape index (κ3) is 6.74. The zero-order valence-electron chi connectivity index (χ0n) is 16.6. The van der Waals surface area contributed by atoms with E-state index in [2.05, 4.69) is 9.62 Å². The molecule has 1 aliphatic rings. The van der Waals surface area contributed by atoms with E-state index in [1.807, 2.05) is 31.2 Å². The normalized spacial score (nSPS) is 18.8. The fraction of sp³-hybridized carbons (Fsp3) is 0.429. The van der Waals surface area contributed by atoms with Gasteiger partial charge < -0.3 is 0 Å². The molecule has 0 aromatic heterocycles. The highest BCUT2D eigenvalue weighted by Gasteiger charge is 2.22. The van der Waals surface area contributed by atoms with Crippen molar-refractivity contribution in [1.82, 2.24) is 9.62 Å². The van der Waals surface area contributed by atoms with Gasteiger partial charge in [0.25, 0.3) is 0 Å². The van der Waals surface area contributed by atoms with Crippen molar-refractivity contribution in [3.8, 4) is 0 Å². The maximum absolute atomic E-state index is 13.6. The smallest absolute Gasteiger partial charge is 0.209 e. The zero-order valence-corrected chi connectivity index (χ0v) is 18.2. The number of nitrogens with one attached hydrogen (secondary N) is 1. The molecule has 3 rings (SSSR count). The van der Waals surface area contributed by atoms with E-state index in [-0.39, 0.29) is 24.4 Å². The van der Waals surface area contributed by atoms with E-state index in [9.17, 15) is 17.2 Å². The van der Waals surface area contributed by atoms with Crippen LogP contribution in [0.15, 0.2) is 42.5 Å². The van der Waals surface area contributed by atoms with Gasteiger partial charge in [-0.3, -0.25) is 4.90 Å². The van der Waals surface area contributed by atoms with Gasteiger partial charge in [-0.15, -0.1) is 12.4 Å². The van der Waals surface area contributed by atoms with Gasteiger partial charge in [0, 0.05) is 19.1 Å². The van der Waals surface area contributed by atoms with Crippen LogP contribution in [0, 0.1) is 11.6 Å². The van der Waals surface area contributed by atoms with Crippen LogP contribution in [-0.4, -0.2) is 32.7 Å². The average molecular weight is 445 g/mol. The van der Waals surface area contributed by atoms with Crippen LogP contribution >= 0.6 is 12.4 Å². The second-order valence-electron chi connectivity index (χ2n) is 7.60. The van der Waals surface area contributed by atoms with Crippen LogP contribution in [0.5, 0.6) is 0 Å². The molecule has 160 valence electrons. The van der Waals surface area contributed by atoms with Crippen LogP contribution in [0.3, 0.4) is 0 Å². The highest BCUT2D eigenvalue weighted by atomic mass is 35.5. The summed E-state index contributed by atoms with van der Waals surface area (Å²) in [5, 5.41) is 0. The summed E-state index contributed by atoms with van der Waals surface area (Å²) in [5.74, 6) is -1.43. The number of likely N-dealkylation sites (tertiary alicyclic amines) is 1. The van der Waals surface area contributed by atoms with E-state index >= 15 is 0 Å². The van der Waals surface area contributed by atoms with Crippen molar-refractivity contribution in [2.45, 2.75) is 38.3 Å². The van der Waals surface area contributed by atoms with E-state index in [4.69, 9.17) is 0 Å². The quantitative estimate of drug-likeness (QED) is 0.719. The summed E-state index contributed by atoms with van der Waals surface area (Å²) in [6, 6.07) is 11.8. The summed E-state index contributed by atoms with van der Waals surface area (Å²) >= 11 is 0. The highest BCUT2D eigenvalue weighted by Crippen LogP contribution is 2.29. The maximum atomic E-state index is 13.6. The molecule has 0 radical (unpaired) electrons. The number of halogens is 3. The fourth-order valence-electron chi connectivity index (χ4n) is 3.85. The molecule has 0 aliphatic carbocycles. The van der Waals surface area contributed by atoms with Gasteiger partial charge in [-0.1, -0.05) is 30.3 Å². The standard InChI is InChI=1S/C21H26F2N2O2S.ClH/c1-15(24-28(2,26)27)17-6-3-5-16(11-17)13-25-10-4-7-19(14-25)18-8-9-20(22)21(23)12-18;/h3,5-6,8-9,11-12,15,19,24H,4,7,10,13-14H2,1-2H3;1H/t15-,19?;/m1./s1. The molecule has 0 spiro atoms. The Morgan fingerprint density at radius 1 is 1.17 bits per heavy atom. The first-order valence-corrected chi connectivity index (χ1v) is 11.3. The Bertz CT molecular complexity index is 940. The van der Waals surface area contributed by atoms with Gasteiger partial charge in [-0.25, -0.2) is 21.9 Å². The van der Waals surface area contributed by atoms with E-state index in [1.54, 1.807) is 6.07 Å². The first kappa shape index (κ1) is 23.7. The van der Waals surface area contributed by atoms with Gasteiger partial charge in [0.05, 0.1) is 6.26 Å². The van der Waals surface area contributed by atoms with Crippen LogP contribution in [0.1, 0.15) is 48.4 Å². The average Bonchev–Trinajstić information content (AvgIpc) is 2.63. The van der Waals surface area contributed by atoms with Crippen LogP contribution in [0.4, 0.5) is 8.78 Å². The minimum absolute atomic E-state index is 0. The lowest BCUT2D eigenvalue weighted by atomic mass is 9.90. The summed E-state index contributed by atoms with van der Waals surface area (Å²) in [7, 11) is -3.27. The third-order valence-electron chi connectivity index (χ3n) is 5.17. The summed E-state index contributed by atoms with van der Waals surface area (Å²) in [6.07, 6.45) is 3.10. The zero-order chi connectivity index (χ0) is 20.3. The SMILES string of the molecule is C[C@@H](NS(C)(=O)=O)c1cccc(CN2CCCC(c3ccc(F)c(F)c3)C2)c1.Cl. The Labute approximate surface area is 177 Å². The lowest BCUT2D eigenvalue weighted by Crippen LogP contribution is -2.34. The van der Waals surface area contributed by atoms with Crippen molar-refractivity contribution < 1.29 is 17.2 Å². The van der Waals surface area contributed by atoms with Crippen LogP contribution < -0.4 is 4.72 Å². The molecule has 8 heteroatoms. The molecule has 2 atom stereocenters. The Balaban J connectivity index is 0.00000300. The molecule has 1 saturated heterocycles. The van der Waals surface area contributed by atoms with E-state index in [1.165, 1.54) is 12.1 Å². The summed E-state index contributed by atoms with van der Waals surface area (Å²) in [4.78, 5) is 2.31. The van der Waals surface area contributed by atoms with Gasteiger partial charge in [-0.05, 0) is 61.1 Å². The number of benzene rings is 2. The number of hydrogen-bond acceptors (Lipinski definition) is 3. The summed E-state index contributed by atoms with van der Waals surface area (Å²) < 4.78 is 52.3. The molecule has 1 fully saturated rings. The van der Waals surface area contributed by atoms with E-state index < -0.39 is 21.7 Å². The summed E-state index contributed by atoms with van der Waals surface area (Å²) in [5.41, 5.74) is 2.85. The minimum Gasteiger partial charge on any atom is -0.298 e. The van der Waals surface area contributed by atoms with Gasteiger partial charge in [0.1, 0.15) is 0 Å². The molecular formula is C21H27ClF2N2O2S. The summed E-state index contributed by atoms with van der Waals surface area (Å²) in [6.45, 7) is 4.29. The van der Waals surface area contributed by atoms with Crippen molar-refractivity contribution in [2.75, 3.05) is 19.3 Å². The van der Waals surface area contributed by atoms with Crippen molar-refractivity contribution in [3.63, 3.8) is 0 Å². The number of nitrogens with zero attached hydrogens (tertiary/aromatic N) is 1. The first-order valence-electron chi connectivity index (χ1n) is 9.45. The monoisotopic (exact) mass is 444 g/mol. The molecule has 2 aromatic carbocycles. The molecule has 0 amide bonds. The molecule has 0 bridgehead atoms. The lowest BCUT2D eigenvalue weighted by Gasteiger charge is -2.33. The number of hydrogen-bond donors (Lipinski definition) is 1. The number of piperidine rings is 1. The molecule has 0 saturated carbocycles. The molecular weight excluding hydrogens is 418 g/mol. The van der Waals surface area contributed by atoms with Gasteiger partial charge in [-0.2, -0.15) is 0 Å². The largest absolute Gasteiger partial charge is 0.298 e. The molecule has 2 aromatic rings. The van der Waals surface area contributed by atoms with Gasteiger partial charge >= 0.3 is 0 Å². The topological polar surface area (TPSA) is 49.4 Å². The Morgan fingerprint density at radius 2 is 1.93 bits per heavy atom. The highest BCUT2D eigenvalue weighted by molar-refractivity contribution is 7.88. The van der Waals surface area contributed by atoms with Crippen LogP contribution in [-0.2, 0) is 16.6 Å². The second-order valence-corrected chi connectivity index (χ2v) is 9.38. The van der Waals surface area contributed by atoms with Crippen molar-refractivity contribution in [3.05, 3.63) is 70.8 Å². The first-order chi connectivity index (χ1) is 13.2. The van der Waals surface area contributed by atoms with Crippen molar-refractivity contribution >= 4 is 22.4 Å². The second kappa shape index (κ2) is 9.98. The van der Waals surface area contributed by atoms with Gasteiger partial charge in [0.2, 0.25) is 10.0 Å². The molecule has 1 aliphatic heterocycles. The Kier molecular flexibility index (Phi) is 8.17. The molecule has 1 heterocycles. The van der Waals surface area contributed by atoms with E-state index in [0.717, 1.165) is 55.4 Å². The maximum Gasteiger partial charge on any atom is 0.209 e. The minimum atomic E-state index is -3.27. The molecule has 29 heavy (non-hydrogen) atoms. The molecule has 1 unspecified atom stereocenters. The number of rotatable bonds is 6. The Hall–Kier alpha value is -1.54.